The van der Waals surface area contributed by atoms with Crippen LogP contribution in [-0.2, 0) is 19.1 Å². The summed E-state index contributed by atoms with van der Waals surface area (Å²) in [6, 6.07) is 0. The number of carbonyl (C=O) groups is 2. The molecular formula is C35H62O5. The Morgan fingerprint density at radius 3 is 1.35 bits per heavy atom. The Bertz CT molecular complexity index is 652. The molecule has 0 aliphatic rings. The minimum atomic E-state index is -0.974. The molecule has 5 heteroatoms. The lowest BCUT2D eigenvalue weighted by atomic mass is 10.1. The fourth-order valence-corrected chi connectivity index (χ4v) is 4.33. The van der Waals surface area contributed by atoms with E-state index in [-0.39, 0.29) is 25.2 Å². The van der Waals surface area contributed by atoms with Crippen molar-refractivity contribution in [2.75, 3.05) is 13.2 Å². The van der Waals surface area contributed by atoms with Crippen LogP contribution in [0.1, 0.15) is 155 Å². The number of aliphatic hydroxyl groups is 1. The Morgan fingerprint density at radius 1 is 0.525 bits per heavy atom. The Hall–Kier alpha value is -1.88. The fraction of sp³-hybridized carbons (Fsp3) is 0.771. The number of unbranched alkanes of at least 4 members (excludes halogenated alkanes) is 15. The molecule has 0 saturated carbocycles. The lowest BCUT2D eigenvalue weighted by Crippen LogP contribution is -2.25. The number of aliphatic hydroxyl groups excluding tert-OH is 1. The highest BCUT2D eigenvalue weighted by atomic mass is 16.6. The molecule has 0 fully saturated rings. The van der Waals surface area contributed by atoms with Gasteiger partial charge >= 0.3 is 11.9 Å². The van der Waals surface area contributed by atoms with Crippen molar-refractivity contribution in [1.82, 2.24) is 0 Å². The third-order valence-corrected chi connectivity index (χ3v) is 6.88. The topological polar surface area (TPSA) is 72.8 Å². The largest absolute Gasteiger partial charge is 0.463 e. The smallest absolute Gasteiger partial charge is 0.305 e. The standard InChI is InChI=1S/C35H62O5/c1-3-5-7-9-11-13-15-16-17-18-20-22-24-26-28-30-35(38)40-32-33(36)31-39-34(37)29-27-25-23-21-19-14-12-10-8-6-4-2/h11,13,16-17,20,22,33,36H,3-10,12,14-15,18-19,21,23-32H2,1-2H3/b13-11-,17-16-,22-20-/t33-/m1/s1. The van der Waals surface area contributed by atoms with Gasteiger partial charge in [-0.2, -0.15) is 0 Å². The summed E-state index contributed by atoms with van der Waals surface area (Å²) in [5.74, 6) is -0.611. The summed E-state index contributed by atoms with van der Waals surface area (Å²) < 4.78 is 10.2. The summed E-state index contributed by atoms with van der Waals surface area (Å²) in [5.41, 5.74) is 0. The van der Waals surface area contributed by atoms with E-state index in [1.165, 1.54) is 77.0 Å². The van der Waals surface area contributed by atoms with Crippen molar-refractivity contribution in [3.05, 3.63) is 36.5 Å². The summed E-state index contributed by atoms with van der Waals surface area (Å²) in [6.07, 6.45) is 36.2. The van der Waals surface area contributed by atoms with E-state index in [1.807, 2.05) is 0 Å². The first-order chi connectivity index (χ1) is 19.6. The highest BCUT2D eigenvalue weighted by Gasteiger charge is 2.12. The van der Waals surface area contributed by atoms with Crippen molar-refractivity contribution in [1.29, 1.82) is 0 Å². The lowest BCUT2D eigenvalue weighted by molar-refractivity contribution is -0.152. The molecule has 40 heavy (non-hydrogen) atoms. The molecule has 0 aliphatic heterocycles. The number of allylic oxidation sites excluding steroid dienone is 6. The van der Waals surface area contributed by atoms with Crippen LogP contribution in [0.4, 0.5) is 0 Å². The number of hydrogen-bond acceptors (Lipinski definition) is 5. The number of esters is 2. The van der Waals surface area contributed by atoms with Gasteiger partial charge in [0, 0.05) is 12.8 Å². The van der Waals surface area contributed by atoms with Crippen LogP contribution in [0.15, 0.2) is 36.5 Å². The van der Waals surface area contributed by atoms with E-state index in [0.717, 1.165) is 51.4 Å². The second kappa shape index (κ2) is 31.6. The van der Waals surface area contributed by atoms with Gasteiger partial charge in [-0.1, -0.05) is 127 Å². The SMILES string of the molecule is CCCCC/C=C\C/C=C\C/C=C\CCCCC(=O)OC[C@H](O)COC(=O)CCCCCCCCCCCCC. The van der Waals surface area contributed by atoms with E-state index >= 15 is 0 Å². The predicted molar refractivity (Wildman–Crippen MR) is 168 cm³/mol. The van der Waals surface area contributed by atoms with Crippen molar-refractivity contribution in [3.63, 3.8) is 0 Å². The molecule has 0 heterocycles. The average Bonchev–Trinajstić information content (AvgIpc) is 2.95. The molecule has 0 radical (unpaired) electrons. The van der Waals surface area contributed by atoms with Crippen molar-refractivity contribution in [2.45, 2.75) is 161 Å². The monoisotopic (exact) mass is 562 g/mol. The number of carbonyl (C=O) groups excluding carboxylic acids is 2. The molecule has 1 N–H and O–H groups in total. The summed E-state index contributed by atoms with van der Waals surface area (Å²) >= 11 is 0. The molecule has 0 aromatic heterocycles. The van der Waals surface area contributed by atoms with E-state index in [4.69, 9.17) is 9.47 Å². The molecule has 0 aromatic rings. The normalized spacial score (nSPS) is 12.6. The van der Waals surface area contributed by atoms with Gasteiger partial charge in [-0.25, -0.2) is 0 Å². The molecule has 0 rings (SSSR count). The van der Waals surface area contributed by atoms with E-state index in [2.05, 4.69) is 50.3 Å². The predicted octanol–water partition coefficient (Wildman–Crippen LogP) is 9.72. The number of hydrogen-bond donors (Lipinski definition) is 1. The first kappa shape index (κ1) is 38.1. The fourth-order valence-electron chi connectivity index (χ4n) is 4.33. The molecule has 0 saturated heterocycles. The maximum Gasteiger partial charge on any atom is 0.305 e. The first-order valence-corrected chi connectivity index (χ1v) is 16.5. The van der Waals surface area contributed by atoms with Gasteiger partial charge in [0.05, 0.1) is 0 Å². The van der Waals surface area contributed by atoms with Crippen LogP contribution in [-0.4, -0.2) is 36.4 Å². The van der Waals surface area contributed by atoms with Gasteiger partial charge in [-0.3, -0.25) is 9.59 Å². The van der Waals surface area contributed by atoms with Gasteiger partial charge in [0.15, 0.2) is 0 Å². The maximum atomic E-state index is 11.9. The van der Waals surface area contributed by atoms with Crippen LogP contribution in [0, 0.1) is 0 Å². The van der Waals surface area contributed by atoms with Gasteiger partial charge in [-0.15, -0.1) is 0 Å². The molecule has 232 valence electrons. The van der Waals surface area contributed by atoms with Gasteiger partial charge in [0.25, 0.3) is 0 Å². The van der Waals surface area contributed by atoms with E-state index in [0.29, 0.717) is 12.8 Å². The molecule has 0 aromatic carbocycles. The van der Waals surface area contributed by atoms with Crippen LogP contribution < -0.4 is 0 Å². The summed E-state index contributed by atoms with van der Waals surface area (Å²) in [6.45, 7) is 4.21. The Morgan fingerprint density at radius 2 is 0.875 bits per heavy atom. The summed E-state index contributed by atoms with van der Waals surface area (Å²) in [7, 11) is 0. The van der Waals surface area contributed by atoms with E-state index in [9.17, 15) is 14.7 Å². The van der Waals surface area contributed by atoms with Crippen molar-refractivity contribution in [2.24, 2.45) is 0 Å². The van der Waals surface area contributed by atoms with Gasteiger partial charge in [0.2, 0.25) is 0 Å². The van der Waals surface area contributed by atoms with Gasteiger partial charge in [-0.05, 0) is 51.4 Å². The second-order valence-corrected chi connectivity index (χ2v) is 10.9. The molecule has 0 spiro atoms. The quantitative estimate of drug-likeness (QED) is 0.0558. The highest BCUT2D eigenvalue weighted by Crippen LogP contribution is 2.12. The minimum absolute atomic E-state index is 0.126. The summed E-state index contributed by atoms with van der Waals surface area (Å²) in [5, 5.41) is 9.94. The van der Waals surface area contributed by atoms with Crippen molar-refractivity contribution < 1.29 is 24.2 Å². The molecule has 0 unspecified atom stereocenters. The zero-order chi connectivity index (χ0) is 29.4. The second-order valence-electron chi connectivity index (χ2n) is 10.9. The van der Waals surface area contributed by atoms with Gasteiger partial charge in [0.1, 0.15) is 19.3 Å². The molecule has 0 aliphatic carbocycles. The number of ether oxygens (including phenoxy) is 2. The Labute approximate surface area is 246 Å². The zero-order valence-electron chi connectivity index (χ0n) is 26.1. The lowest BCUT2D eigenvalue weighted by Gasteiger charge is -2.12. The van der Waals surface area contributed by atoms with E-state index < -0.39 is 6.10 Å². The Kier molecular flexibility index (Phi) is 30.2. The summed E-state index contributed by atoms with van der Waals surface area (Å²) in [4.78, 5) is 23.7. The Balaban J connectivity index is 3.53. The van der Waals surface area contributed by atoms with Crippen LogP contribution in [0.2, 0.25) is 0 Å². The minimum Gasteiger partial charge on any atom is -0.463 e. The molecular weight excluding hydrogens is 500 g/mol. The van der Waals surface area contributed by atoms with Crippen LogP contribution in [0.3, 0.4) is 0 Å². The first-order valence-electron chi connectivity index (χ1n) is 16.5. The average molecular weight is 563 g/mol. The molecule has 5 nitrogen and oxygen atoms in total. The molecule has 0 bridgehead atoms. The third-order valence-electron chi connectivity index (χ3n) is 6.88. The van der Waals surface area contributed by atoms with Crippen LogP contribution in [0.25, 0.3) is 0 Å². The highest BCUT2D eigenvalue weighted by molar-refractivity contribution is 5.69. The van der Waals surface area contributed by atoms with E-state index in [1.54, 1.807) is 0 Å². The maximum absolute atomic E-state index is 11.9. The van der Waals surface area contributed by atoms with Crippen molar-refractivity contribution in [3.8, 4) is 0 Å². The van der Waals surface area contributed by atoms with Crippen LogP contribution >= 0.6 is 0 Å². The third kappa shape index (κ3) is 30.7. The molecule has 0 amide bonds. The zero-order valence-corrected chi connectivity index (χ0v) is 26.1. The molecule has 1 atom stereocenters. The number of rotatable bonds is 29. The van der Waals surface area contributed by atoms with Crippen LogP contribution in [0.5, 0.6) is 0 Å². The van der Waals surface area contributed by atoms with Crippen molar-refractivity contribution >= 4 is 11.9 Å². The van der Waals surface area contributed by atoms with Gasteiger partial charge < -0.3 is 14.6 Å².